The molecule has 0 aliphatic carbocycles. The predicted octanol–water partition coefficient (Wildman–Crippen LogP) is 3.63. The van der Waals surface area contributed by atoms with Crippen molar-refractivity contribution in [3.05, 3.63) is 29.3 Å². The van der Waals surface area contributed by atoms with Crippen LogP contribution in [0, 0.1) is 0 Å². The summed E-state index contributed by atoms with van der Waals surface area (Å²) < 4.78 is 0. The van der Waals surface area contributed by atoms with Crippen molar-refractivity contribution in [2.45, 2.75) is 51.9 Å². The first-order valence-corrected chi connectivity index (χ1v) is 7.90. The van der Waals surface area contributed by atoms with Gasteiger partial charge in [0, 0.05) is 24.3 Å². The molecule has 0 saturated heterocycles. The van der Waals surface area contributed by atoms with E-state index in [-0.39, 0.29) is 5.91 Å². The molecule has 2 rings (SSSR count). The number of nitrogens with zero attached hydrogens (tertiary/aromatic N) is 1. The maximum atomic E-state index is 12.4. The zero-order valence-electron chi connectivity index (χ0n) is 12.5. The van der Waals surface area contributed by atoms with E-state index in [2.05, 4.69) is 6.92 Å². The Bertz CT molecular complexity index is 456. The molecule has 1 amide bonds. The summed E-state index contributed by atoms with van der Waals surface area (Å²) in [6, 6.07) is 5.70. The van der Waals surface area contributed by atoms with Gasteiger partial charge in [-0.1, -0.05) is 45.1 Å². The Hall–Kier alpha value is -1.51. The number of nitrogen functional groups attached to an aromatic ring is 1. The van der Waals surface area contributed by atoms with Gasteiger partial charge < -0.3 is 10.6 Å². The van der Waals surface area contributed by atoms with Crippen LogP contribution in [0.5, 0.6) is 0 Å². The number of anilines is 1. The molecule has 1 aromatic carbocycles. The fraction of sp³-hybridized carbons (Fsp3) is 0.588. The van der Waals surface area contributed by atoms with Crippen molar-refractivity contribution in [1.82, 2.24) is 4.90 Å². The molecule has 2 N–H and O–H groups in total. The SMILES string of the molecule is CCCCCCCCN1CCc2ccc(N)cc2C1=O. The Morgan fingerprint density at radius 1 is 1.15 bits per heavy atom. The van der Waals surface area contributed by atoms with Crippen LogP contribution in [0.4, 0.5) is 5.69 Å². The van der Waals surface area contributed by atoms with Crippen LogP contribution in [-0.2, 0) is 6.42 Å². The molecule has 1 aliphatic rings. The molecule has 1 aliphatic heterocycles. The van der Waals surface area contributed by atoms with Crippen LogP contribution >= 0.6 is 0 Å². The molecule has 0 radical (unpaired) electrons. The van der Waals surface area contributed by atoms with Gasteiger partial charge in [-0.05, 0) is 30.5 Å². The maximum Gasteiger partial charge on any atom is 0.254 e. The number of unbranched alkanes of at least 4 members (excludes halogenated alkanes) is 5. The van der Waals surface area contributed by atoms with Gasteiger partial charge in [0.25, 0.3) is 5.91 Å². The summed E-state index contributed by atoms with van der Waals surface area (Å²) in [5, 5.41) is 0. The minimum atomic E-state index is 0.159. The second-order valence-electron chi connectivity index (χ2n) is 5.73. The molecule has 3 nitrogen and oxygen atoms in total. The number of carbonyl (C=O) groups is 1. The number of carbonyl (C=O) groups excluding carboxylic acids is 1. The molecule has 1 aromatic rings. The first-order valence-electron chi connectivity index (χ1n) is 7.90. The van der Waals surface area contributed by atoms with Gasteiger partial charge in [0.1, 0.15) is 0 Å². The minimum absolute atomic E-state index is 0.159. The second kappa shape index (κ2) is 7.32. The van der Waals surface area contributed by atoms with E-state index in [1.54, 1.807) is 0 Å². The Morgan fingerprint density at radius 3 is 2.70 bits per heavy atom. The van der Waals surface area contributed by atoms with Gasteiger partial charge in [-0.2, -0.15) is 0 Å². The van der Waals surface area contributed by atoms with Gasteiger partial charge >= 0.3 is 0 Å². The first kappa shape index (κ1) is 14.9. The van der Waals surface area contributed by atoms with Gasteiger partial charge in [0.05, 0.1) is 0 Å². The Kier molecular flexibility index (Phi) is 5.45. The molecular formula is C17H26N2O. The van der Waals surface area contributed by atoms with E-state index in [0.717, 1.165) is 37.1 Å². The van der Waals surface area contributed by atoms with Crippen LogP contribution < -0.4 is 5.73 Å². The van der Waals surface area contributed by atoms with Crippen LogP contribution in [0.15, 0.2) is 18.2 Å². The minimum Gasteiger partial charge on any atom is -0.399 e. The monoisotopic (exact) mass is 274 g/mol. The summed E-state index contributed by atoms with van der Waals surface area (Å²) in [7, 11) is 0. The fourth-order valence-corrected chi connectivity index (χ4v) is 2.83. The Morgan fingerprint density at radius 2 is 1.90 bits per heavy atom. The standard InChI is InChI=1S/C17H26N2O/c1-2-3-4-5-6-7-11-19-12-10-14-8-9-15(18)13-16(14)17(19)20/h8-9,13H,2-7,10-12,18H2,1H3. The van der Waals surface area contributed by atoms with Crippen molar-refractivity contribution in [2.24, 2.45) is 0 Å². The van der Waals surface area contributed by atoms with Crippen molar-refractivity contribution in [2.75, 3.05) is 18.8 Å². The zero-order chi connectivity index (χ0) is 14.4. The highest BCUT2D eigenvalue weighted by Gasteiger charge is 2.23. The molecule has 0 spiro atoms. The van der Waals surface area contributed by atoms with Gasteiger partial charge in [-0.25, -0.2) is 0 Å². The van der Waals surface area contributed by atoms with E-state index in [0.29, 0.717) is 5.69 Å². The largest absolute Gasteiger partial charge is 0.399 e. The van der Waals surface area contributed by atoms with Gasteiger partial charge in [0.15, 0.2) is 0 Å². The highest BCUT2D eigenvalue weighted by molar-refractivity contribution is 5.97. The highest BCUT2D eigenvalue weighted by Crippen LogP contribution is 2.21. The summed E-state index contributed by atoms with van der Waals surface area (Å²) in [6.07, 6.45) is 8.53. The number of fused-ring (bicyclic) bond motifs is 1. The molecule has 110 valence electrons. The molecule has 0 atom stereocenters. The number of hydrogen-bond donors (Lipinski definition) is 1. The zero-order valence-corrected chi connectivity index (χ0v) is 12.5. The summed E-state index contributed by atoms with van der Waals surface area (Å²) >= 11 is 0. The third-order valence-electron chi connectivity index (χ3n) is 4.08. The second-order valence-corrected chi connectivity index (χ2v) is 5.73. The van der Waals surface area contributed by atoms with Crippen molar-refractivity contribution in [3.63, 3.8) is 0 Å². The Balaban J connectivity index is 1.82. The van der Waals surface area contributed by atoms with E-state index < -0.39 is 0 Å². The third-order valence-corrected chi connectivity index (χ3v) is 4.08. The topological polar surface area (TPSA) is 46.3 Å². The van der Waals surface area contributed by atoms with Crippen LogP contribution in [0.2, 0.25) is 0 Å². The maximum absolute atomic E-state index is 12.4. The molecule has 0 unspecified atom stereocenters. The average molecular weight is 274 g/mol. The molecule has 0 saturated carbocycles. The number of amides is 1. The van der Waals surface area contributed by atoms with Gasteiger partial charge in [-0.3, -0.25) is 4.79 Å². The molecule has 0 bridgehead atoms. The number of rotatable bonds is 7. The summed E-state index contributed by atoms with van der Waals surface area (Å²) in [6.45, 7) is 3.97. The predicted molar refractivity (Wildman–Crippen MR) is 83.8 cm³/mol. The lowest BCUT2D eigenvalue weighted by Crippen LogP contribution is -2.38. The number of hydrogen-bond acceptors (Lipinski definition) is 2. The smallest absolute Gasteiger partial charge is 0.254 e. The number of benzene rings is 1. The van der Waals surface area contributed by atoms with E-state index in [1.807, 2.05) is 23.1 Å². The fourth-order valence-electron chi connectivity index (χ4n) is 2.83. The summed E-state index contributed by atoms with van der Waals surface area (Å²) in [5.74, 6) is 0.159. The van der Waals surface area contributed by atoms with E-state index in [1.165, 1.54) is 32.1 Å². The molecule has 0 fully saturated rings. The van der Waals surface area contributed by atoms with E-state index >= 15 is 0 Å². The average Bonchev–Trinajstić information content (AvgIpc) is 2.45. The normalized spacial score (nSPS) is 14.4. The van der Waals surface area contributed by atoms with Crippen LogP contribution in [0.3, 0.4) is 0 Å². The first-order chi connectivity index (χ1) is 9.72. The highest BCUT2D eigenvalue weighted by atomic mass is 16.2. The van der Waals surface area contributed by atoms with Crippen molar-refractivity contribution in [3.8, 4) is 0 Å². The lowest BCUT2D eigenvalue weighted by atomic mass is 9.98. The van der Waals surface area contributed by atoms with Crippen molar-refractivity contribution >= 4 is 11.6 Å². The molecule has 20 heavy (non-hydrogen) atoms. The molecular weight excluding hydrogens is 248 g/mol. The molecule has 0 aromatic heterocycles. The Labute approximate surface area is 122 Å². The van der Waals surface area contributed by atoms with E-state index in [4.69, 9.17) is 5.73 Å². The van der Waals surface area contributed by atoms with Gasteiger partial charge in [-0.15, -0.1) is 0 Å². The van der Waals surface area contributed by atoms with Gasteiger partial charge in [0.2, 0.25) is 0 Å². The summed E-state index contributed by atoms with van der Waals surface area (Å²) in [5.41, 5.74) is 8.42. The van der Waals surface area contributed by atoms with E-state index in [9.17, 15) is 4.79 Å². The van der Waals surface area contributed by atoms with Crippen LogP contribution in [-0.4, -0.2) is 23.9 Å². The van der Waals surface area contributed by atoms with Crippen molar-refractivity contribution < 1.29 is 4.79 Å². The van der Waals surface area contributed by atoms with Crippen LogP contribution in [0.25, 0.3) is 0 Å². The van der Waals surface area contributed by atoms with Crippen molar-refractivity contribution in [1.29, 1.82) is 0 Å². The molecule has 1 heterocycles. The lowest BCUT2D eigenvalue weighted by Gasteiger charge is -2.28. The quantitative estimate of drug-likeness (QED) is 0.609. The number of nitrogens with two attached hydrogens (primary N) is 1. The van der Waals surface area contributed by atoms with Crippen LogP contribution in [0.1, 0.15) is 61.4 Å². The molecule has 3 heteroatoms. The summed E-state index contributed by atoms with van der Waals surface area (Å²) in [4.78, 5) is 14.4. The third kappa shape index (κ3) is 3.75. The lowest BCUT2D eigenvalue weighted by molar-refractivity contribution is 0.0736.